The minimum Gasteiger partial charge on any atom is -0.356 e. The highest BCUT2D eigenvalue weighted by atomic mass is 17.1. The van der Waals surface area contributed by atoms with Crippen LogP contribution in [0, 0.1) is 15.3 Å². The summed E-state index contributed by atoms with van der Waals surface area (Å²) in [6.07, 6.45) is 0. The molecule has 0 aromatic carbocycles. The number of quaternary nitrogens is 1. The molecule has 8 nitrogen and oxygen atoms in total. The first kappa shape index (κ1) is 12.7. The van der Waals surface area contributed by atoms with Crippen molar-refractivity contribution in [2.24, 2.45) is 0 Å². The highest BCUT2D eigenvalue weighted by Crippen LogP contribution is 1.95. The van der Waals surface area contributed by atoms with Crippen molar-refractivity contribution in [2.75, 3.05) is 0 Å². The quantitative estimate of drug-likeness (QED) is 0.292. The fourth-order valence-electron chi connectivity index (χ4n) is 0. The molecule has 0 saturated carbocycles. The molecule has 8 heteroatoms. The van der Waals surface area contributed by atoms with Crippen LogP contribution in [0.4, 0.5) is 0 Å². The second-order valence-corrected chi connectivity index (χ2v) is 1.93. The van der Waals surface area contributed by atoms with E-state index in [1.165, 1.54) is 13.8 Å². The van der Waals surface area contributed by atoms with E-state index in [1.807, 2.05) is 0 Å². The maximum Gasteiger partial charge on any atom is 0.181 e. The first-order valence-corrected chi connectivity index (χ1v) is 2.56. The van der Waals surface area contributed by atoms with Gasteiger partial charge in [0.15, 0.2) is 6.04 Å². The molecule has 0 aromatic heterocycles. The van der Waals surface area contributed by atoms with Crippen LogP contribution in [-0.2, 0) is 0 Å². The molecule has 0 unspecified atom stereocenters. The van der Waals surface area contributed by atoms with Crippen LogP contribution in [0.25, 0.3) is 0 Å². The molecule has 0 bridgehead atoms. The second kappa shape index (κ2) is 4.79. The standard InChI is InChI=1S/C3H10NO3.NO3/c1-3(2)4(5,6)7;2-1(3)4/h3,5-7H,1-2H3;/q+1;-1. The average molecular weight is 170 g/mol. The summed E-state index contributed by atoms with van der Waals surface area (Å²) in [5, 5.41) is 39.2. The Kier molecular flexibility index (Phi) is 5.53. The summed E-state index contributed by atoms with van der Waals surface area (Å²) in [4.78, 5) is 6.31. The van der Waals surface area contributed by atoms with Crippen LogP contribution in [0.2, 0.25) is 0 Å². The Balaban J connectivity index is 0. The van der Waals surface area contributed by atoms with E-state index in [2.05, 4.69) is 0 Å². The monoisotopic (exact) mass is 170 g/mol. The molecule has 0 aliphatic carbocycles. The fraction of sp³-hybridized carbons (Fsp3) is 1.00. The Morgan fingerprint density at radius 3 is 1.36 bits per heavy atom. The second-order valence-electron chi connectivity index (χ2n) is 1.93. The molecule has 0 aliphatic rings. The van der Waals surface area contributed by atoms with Crippen LogP contribution in [0.1, 0.15) is 13.8 Å². The zero-order valence-corrected chi connectivity index (χ0v) is 6.04. The summed E-state index contributed by atoms with van der Waals surface area (Å²) in [6, 6.07) is -0.597. The van der Waals surface area contributed by atoms with Crippen molar-refractivity contribution in [2.45, 2.75) is 19.9 Å². The smallest absolute Gasteiger partial charge is 0.181 e. The van der Waals surface area contributed by atoms with Crippen molar-refractivity contribution in [1.82, 2.24) is 0 Å². The first-order valence-electron chi connectivity index (χ1n) is 2.56. The molecule has 0 atom stereocenters. The van der Waals surface area contributed by atoms with E-state index < -0.39 is 16.1 Å². The first-order chi connectivity index (χ1) is 4.68. The van der Waals surface area contributed by atoms with Crippen molar-refractivity contribution in [1.29, 1.82) is 0 Å². The van der Waals surface area contributed by atoms with Gasteiger partial charge in [0, 0.05) is 0 Å². The molecule has 3 N–H and O–H groups in total. The maximum atomic E-state index is 8.25. The lowest BCUT2D eigenvalue weighted by atomic mass is 10.4. The van der Waals surface area contributed by atoms with Gasteiger partial charge in [0.1, 0.15) is 0 Å². The van der Waals surface area contributed by atoms with Gasteiger partial charge < -0.3 is 15.3 Å². The lowest BCUT2D eigenvalue weighted by molar-refractivity contribution is -1.38. The van der Waals surface area contributed by atoms with E-state index in [4.69, 9.17) is 30.9 Å². The van der Waals surface area contributed by atoms with E-state index >= 15 is 0 Å². The Labute approximate surface area is 62.1 Å². The van der Waals surface area contributed by atoms with Gasteiger partial charge in [-0.2, -0.15) is 0 Å². The summed E-state index contributed by atoms with van der Waals surface area (Å²) in [5.41, 5.74) is 0. The van der Waals surface area contributed by atoms with Crippen molar-refractivity contribution < 1.29 is 25.7 Å². The van der Waals surface area contributed by atoms with E-state index in [0.29, 0.717) is 0 Å². The largest absolute Gasteiger partial charge is 0.356 e. The molecule has 0 rings (SSSR count). The molecule has 0 aromatic rings. The summed E-state index contributed by atoms with van der Waals surface area (Å²) < 4.78 is 0. The molecular formula is C3H10N2O6. The number of hydroxylamine groups is 3. The molecular weight excluding hydrogens is 160 g/mol. The molecule has 0 spiro atoms. The van der Waals surface area contributed by atoms with Crippen molar-refractivity contribution in [3.05, 3.63) is 15.3 Å². The predicted octanol–water partition coefficient (Wildman–Crippen LogP) is 0.140. The lowest BCUT2D eigenvalue weighted by Crippen LogP contribution is -2.43. The number of hydrogen-bond donors (Lipinski definition) is 3. The van der Waals surface area contributed by atoms with Crippen molar-refractivity contribution in [3.63, 3.8) is 0 Å². The molecule has 0 saturated heterocycles. The van der Waals surface area contributed by atoms with Crippen molar-refractivity contribution >= 4 is 0 Å². The van der Waals surface area contributed by atoms with Crippen LogP contribution in [0.3, 0.4) is 0 Å². The van der Waals surface area contributed by atoms with E-state index in [9.17, 15) is 0 Å². The van der Waals surface area contributed by atoms with E-state index in [-0.39, 0.29) is 0 Å². The van der Waals surface area contributed by atoms with Gasteiger partial charge in [-0.05, 0) is 13.8 Å². The summed E-state index contributed by atoms with van der Waals surface area (Å²) >= 11 is 0. The van der Waals surface area contributed by atoms with Gasteiger partial charge in [-0.15, -0.1) is 15.6 Å². The van der Waals surface area contributed by atoms with Gasteiger partial charge in [0.05, 0.1) is 10.1 Å². The lowest BCUT2D eigenvalue weighted by Gasteiger charge is -2.14. The summed E-state index contributed by atoms with van der Waals surface area (Å²) in [7, 11) is 0. The van der Waals surface area contributed by atoms with Crippen LogP contribution < -0.4 is 0 Å². The third-order valence-corrected chi connectivity index (χ3v) is 0.693. The average Bonchev–Trinajstić information content (AvgIpc) is 1.59. The highest BCUT2D eigenvalue weighted by Gasteiger charge is 2.23. The Morgan fingerprint density at radius 1 is 1.27 bits per heavy atom. The summed E-state index contributed by atoms with van der Waals surface area (Å²) in [5.74, 6) is 0. The zero-order valence-electron chi connectivity index (χ0n) is 6.04. The normalized spacial score (nSPS) is 10.4. The van der Waals surface area contributed by atoms with Crippen LogP contribution >= 0.6 is 0 Å². The van der Waals surface area contributed by atoms with Crippen molar-refractivity contribution in [3.8, 4) is 0 Å². The highest BCUT2D eigenvalue weighted by molar-refractivity contribution is 4.22. The molecule has 0 heterocycles. The number of hydrogen-bond acceptors (Lipinski definition) is 6. The fourth-order valence-corrected chi connectivity index (χ4v) is 0. The predicted molar refractivity (Wildman–Crippen MR) is 31.1 cm³/mol. The van der Waals surface area contributed by atoms with Gasteiger partial charge in [-0.3, -0.25) is 0 Å². The van der Waals surface area contributed by atoms with Crippen LogP contribution in [-0.4, -0.2) is 31.7 Å². The SMILES string of the molecule is CC(C)[N+](O)(O)O.O=[N+]([O-])[O-]. The minimum atomic E-state index is -1.94. The molecule has 0 aliphatic heterocycles. The van der Waals surface area contributed by atoms with Crippen LogP contribution in [0.5, 0.6) is 0 Å². The molecule has 68 valence electrons. The molecule has 0 amide bonds. The molecule has 0 radical (unpaired) electrons. The van der Waals surface area contributed by atoms with Gasteiger partial charge in [0.25, 0.3) is 0 Å². The Hall–Kier alpha value is -0.960. The minimum absolute atomic E-state index is 0.597. The van der Waals surface area contributed by atoms with Gasteiger partial charge in [0.2, 0.25) is 0 Å². The van der Waals surface area contributed by atoms with E-state index in [1.54, 1.807) is 0 Å². The third kappa shape index (κ3) is 17.6. The number of rotatable bonds is 1. The molecule has 11 heavy (non-hydrogen) atoms. The van der Waals surface area contributed by atoms with E-state index in [0.717, 1.165) is 0 Å². The third-order valence-electron chi connectivity index (χ3n) is 0.693. The van der Waals surface area contributed by atoms with Gasteiger partial charge in [-0.1, -0.05) is 0 Å². The summed E-state index contributed by atoms with van der Waals surface area (Å²) in [6.45, 7) is 2.94. The Bertz CT molecular complexity index is 113. The van der Waals surface area contributed by atoms with Gasteiger partial charge >= 0.3 is 0 Å². The maximum absolute atomic E-state index is 8.25. The Morgan fingerprint density at radius 2 is 1.36 bits per heavy atom. The van der Waals surface area contributed by atoms with Gasteiger partial charge in [-0.25, -0.2) is 0 Å². The molecule has 0 fully saturated rings. The topological polar surface area (TPSA) is 127 Å². The number of nitrogens with zero attached hydrogens (tertiary/aromatic N) is 2. The zero-order chi connectivity index (χ0) is 9.65. The van der Waals surface area contributed by atoms with Crippen LogP contribution in [0.15, 0.2) is 0 Å².